The lowest BCUT2D eigenvalue weighted by atomic mass is 9.99. The van der Waals surface area contributed by atoms with Gasteiger partial charge in [-0.05, 0) is 41.5 Å². The van der Waals surface area contributed by atoms with Crippen molar-refractivity contribution in [2.75, 3.05) is 6.26 Å². The molecule has 7 nitrogen and oxygen atoms in total. The van der Waals surface area contributed by atoms with Crippen molar-refractivity contribution in [3.05, 3.63) is 82.1 Å². The number of rotatable bonds is 5. The molecule has 0 aliphatic rings. The van der Waals surface area contributed by atoms with Crippen LogP contribution in [-0.4, -0.2) is 42.0 Å². The normalized spacial score (nSPS) is 13.4. The van der Waals surface area contributed by atoms with Crippen LogP contribution in [0.3, 0.4) is 0 Å². The highest BCUT2D eigenvalue weighted by Gasteiger charge is 2.38. The molecule has 0 aliphatic heterocycles. The third kappa shape index (κ3) is 7.91. The molecule has 2 atom stereocenters. The van der Waals surface area contributed by atoms with E-state index >= 15 is 0 Å². The Hall–Kier alpha value is -2.70. The summed E-state index contributed by atoms with van der Waals surface area (Å²) in [4.78, 5) is 13.4. The number of carboxylic acids is 1. The summed E-state index contributed by atoms with van der Waals surface area (Å²) in [6.07, 6.45) is -3.40. The molecule has 2 aromatic carbocycles. The molecule has 0 bridgehead atoms. The average Bonchev–Trinajstić information content (AvgIpc) is 2.79. The molecule has 0 amide bonds. The smallest absolute Gasteiger partial charge is 0.475 e. The molecule has 35 heavy (non-hydrogen) atoms. The van der Waals surface area contributed by atoms with E-state index in [9.17, 15) is 26.7 Å². The highest BCUT2D eigenvalue weighted by atomic mass is 35.5. The quantitative estimate of drug-likeness (QED) is 0.414. The zero-order valence-electron chi connectivity index (χ0n) is 17.9. The van der Waals surface area contributed by atoms with Crippen LogP contribution in [-0.2, 0) is 14.6 Å². The second kappa shape index (κ2) is 11.4. The minimum absolute atomic E-state index is 0.232. The number of halogens is 5. The Balaban J connectivity index is 0.000000540. The van der Waals surface area contributed by atoms with Gasteiger partial charge in [0.05, 0.1) is 26.7 Å². The van der Waals surface area contributed by atoms with E-state index in [-0.39, 0.29) is 4.90 Å². The Kier molecular flexibility index (Phi) is 9.26. The van der Waals surface area contributed by atoms with E-state index in [1.54, 1.807) is 60.8 Å². The number of benzene rings is 2. The maximum absolute atomic E-state index is 11.7. The minimum atomic E-state index is -5.08. The lowest BCUT2D eigenvalue weighted by Crippen LogP contribution is -2.21. The third-order valence-electron chi connectivity index (χ3n) is 4.60. The number of alkyl halides is 3. The molecule has 0 fully saturated rings. The van der Waals surface area contributed by atoms with Crippen LogP contribution in [0.2, 0.25) is 10.0 Å². The lowest BCUT2D eigenvalue weighted by molar-refractivity contribution is -0.192. The van der Waals surface area contributed by atoms with Gasteiger partial charge in [-0.15, -0.1) is 0 Å². The molecular weight excluding hydrogens is 532 g/mol. The maximum Gasteiger partial charge on any atom is 0.490 e. The number of aliphatic carboxylic acids is 1. The molecule has 188 valence electrons. The van der Waals surface area contributed by atoms with E-state index < -0.39 is 34.1 Å². The first-order chi connectivity index (χ1) is 16.1. The minimum Gasteiger partial charge on any atom is -0.475 e. The van der Waals surface area contributed by atoms with E-state index in [0.717, 1.165) is 11.8 Å². The maximum atomic E-state index is 11.7. The van der Waals surface area contributed by atoms with Gasteiger partial charge in [0, 0.05) is 18.0 Å². The van der Waals surface area contributed by atoms with Crippen molar-refractivity contribution in [3.63, 3.8) is 0 Å². The Bertz CT molecular complexity index is 1300. The van der Waals surface area contributed by atoms with Crippen LogP contribution in [0.1, 0.15) is 23.4 Å². The zero-order chi connectivity index (χ0) is 26.6. The number of nitrogens with two attached hydrogens (primary N) is 1. The van der Waals surface area contributed by atoms with E-state index in [2.05, 4.69) is 4.98 Å². The highest BCUT2D eigenvalue weighted by molar-refractivity contribution is 7.90. The van der Waals surface area contributed by atoms with Gasteiger partial charge in [0.15, 0.2) is 9.84 Å². The van der Waals surface area contributed by atoms with E-state index in [0.29, 0.717) is 26.9 Å². The lowest BCUT2D eigenvalue weighted by Gasteiger charge is -2.19. The molecule has 4 N–H and O–H groups in total. The van der Waals surface area contributed by atoms with Crippen LogP contribution in [0, 0.1) is 0 Å². The van der Waals surface area contributed by atoms with Crippen molar-refractivity contribution in [2.24, 2.45) is 5.73 Å². The Labute approximate surface area is 208 Å². The molecule has 0 saturated heterocycles. The number of carbonyl (C=O) groups is 1. The van der Waals surface area contributed by atoms with E-state index in [1.807, 2.05) is 0 Å². The summed E-state index contributed by atoms with van der Waals surface area (Å²) in [7, 11) is -3.30. The second-order valence-electron chi connectivity index (χ2n) is 7.22. The second-order valence-corrected chi connectivity index (χ2v) is 10.0. The number of aromatic nitrogens is 1. The van der Waals surface area contributed by atoms with E-state index in [1.165, 1.54) is 0 Å². The van der Waals surface area contributed by atoms with Crippen LogP contribution >= 0.6 is 23.2 Å². The van der Waals surface area contributed by atoms with Crippen LogP contribution in [0.15, 0.2) is 65.7 Å². The van der Waals surface area contributed by atoms with Crippen molar-refractivity contribution in [1.29, 1.82) is 0 Å². The Morgan fingerprint density at radius 1 is 1.03 bits per heavy atom. The summed E-state index contributed by atoms with van der Waals surface area (Å²) in [5.41, 5.74) is 8.61. The van der Waals surface area contributed by atoms with Crippen molar-refractivity contribution in [1.82, 2.24) is 4.98 Å². The van der Waals surface area contributed by atoms with Gasteiger partial charge in [0.2, 0.25) is 0 Å². The first-order valence-electron chi connectivity index (χ1n) is 9.56. The molecule has 3 aromatic rings. The number of carboxylic acid groups (broad SMARTS) is 1. The summed E-state index contributed by atoms with van der Waals surface area (Å²) in [5, 5.41) is 18.5. The molecule has 0 unspecified atom stereocenters. The number of sulfone groups is 1. The molecule has 1 aromatic heterocycles. The first-order valence-corrected chi connectivity index (χ1v) is 12.2. The fourth-order valence-corrected chi connectivity index (χ4v) is 3.72. The van der Waals surface area contributed by atoms with Gasteiger partial charge >= 0.3 is 12.1 Å². The van der Waals surface area contributed by atoms with Gasteiger partial charge < -0.3 is 15.9 Å². The average molecular weight is 551 g/mol. The molecule has 0 radical (unpaired) electrons. The number of aliphatic hydroxyl groups excluding tert-OH is 1. The summed E-state index contributed by atoms with van der Waals surface area (Å²) >= 11 is 11.9. The monoisotopic (exact) mass is 550 g/mol. The molecule has 1 heterocycles. The predicted molar refractivity (Wildman–Crippen MR) is 125 cm³/mol. The Morgan fingerprint density at radius 3 is 2.14 bits per heavy atom. The fourth-order valence-electron chi connectivity index (χ4n) is 2.74. The van der Waals surface area contributed by atoms with Gasteiger partial charge in [-0.1, -0.05) is 47.5 Å². The molecule has 3 rings (SSSR count). The van der Waals surface area contributed by atoms with Gasteiger partial charge in [-0.2, -0.15) is 13.2 Å². The topological polar surface area (TPSA) is 131 Å². The fraction of sp³-hybridized carbons (Fsp3) is 0.182. The zero-order valence-corrected chi connectivity index (χ0v) is 20.2. The first kappa shape index (κ1) is 28.5. The van der Waals surface area contributed by atoms with Gasteiger partial charge in [0.25, 0.3) is 0 Å². The largest absolute Gasteiger partial charge is 0.490 e. The van der Waals surface area contributed by atoms with Crippen LogP contribution < -0.4 is 5.73 Å². The molecule has 13 heteroatoms. The Morgan fingerprint density at radius 2 is 1.66 bits per heavy atom. The summed E-state index contributed by atoms with van der Waals surface area (Å²) in [5.74, 6) is -2.76. The molecule has 0 saturated carbocycles. The number of hydrogen-bond acceptors (Lipinski definition) is 6. The van der Waals surface area contributed by atoms with E-state index in [4.69, 9.17) is 38.8 Å². The van der Waals surface area contributed by atoms with Crippen LogP contribution in [0.4, 0.5) is 13.2 Å². The van der Waals surface area contributed by atoms with Crippen LogP contribution in [0.25, 0.3) is 11.1 Å². The predicted octanol–water partition coefficient (Wildman–Crippen LogP) is 4.83. The molecule has 0 aliphatic carbocycles. The van der Waals surface area contributed by atoms with Crippen molar-refractivity contribution in [3.8, 4) is 11.1 Å². The summed E-state index contributed by atoms with van der Waals surface area (Å²) in [6.45, 7) is 0. The number of pyridine rings is 1. The van der Waals surface area contributed by atoms with Gasteiger partial charge in [-0.25, -0.2) is 13.2 Å². The summed E-state index contributed by atoms with van der Waals surface area (Å²) < 4.78 is 55.2. The molecular formula is C22H19Cl2F3N2O5S. The van der Waals surface area contributed by atoms with Crippen molar-refractivity contribution in [2.45, 2.75) is 23.2 Å². The van der Waals surface area contributed by atoms with Crippen molar-refractivity contribution >= 4 is 39.0 Å². The number of hydrogen-bond donors (Lipinski definition) is 3. The third-order valence-corrected chi connectivity index (χ3v) is 6.45. The van der Waals surface area contributed by atoms with Gasteiger partial charge in [-0.3, -0.25) is 4.98 Å². The SMILES string of the molecule is CS(=O)(=O)c1cccc(-c2ccc([C@@H](O)[C@@H](N)c3ccc(Cl)c(Cl)c3)nc2)c1.O=C(O)C(F)(F)F. The number of nitrogens with zero attached hydrogens (tertiary/aromatic N) is 1. The highest BCUT2D eigenvalue weighted by Crippen LogP contribution is 2.31. The van der Waals surface area contributed by atoms with Gasteiger partial charge in [0.1, 0.15) is 6.10 Å². The summed E-state index contributed by atoms with van der Waals surface area (Å²) in [6, 6.07) is 14.2. The number of aliphatic hydroxyl groups is 1. The standard InChI is InChI=1S/C20H18Cl2N2O3S.C2HF3O2/c1-28(26,27)15-4-2-3-12(9-15)14-6-8-18(24-11-14)20(25)19(23)13-5-7-16(21)17(22)10-13;3-2(4,5)1(6)7/h2-11,19-20,25H,23H2,1H3;(H,6,7)/t19-,20+;/m0./s1. The van der Waals surface area contributed by atoms with Crippen LogP contribution in [0.5, 0.6) is 0 Å². The van der Waals surface area contributed by atoms with Crippen molar-refractivity contribution < 1.29 is 36.6 Å². The molecule has 0 spiro atoms.